The highest BCUT2D eigenvalue weighted by molar-refractivity contribution is 4.49. The fourth-order valence-corrected chi connectivity index (χ4v) is 2.54. The molecule has 0 aliphatic carbocycles. The number of nitrogens with zero attached hydrogens (tertiary/aromatic N) is 1. The predicted molar refractivity (Wildman–Crippen MR) is 93.9 cm³/mol. The molecule has 2 atom stereocenters. The lowest BCUT2D eigenvalue weighted by molar-refractivity contribution is -1.06. The van der Waals surface area contributed by atoms with Crippen LogP contribution in [0.15, 0.2) is 0 Å². The first-order valence-corrected chi connectivity index (χ1v) is 9.62. The molecule has 0 aromatic heterocycles. The van der Waals surface area contributed by atoms with Crippen molar-refractivity contribution in [2.45, 2.75) is 97.2 Å². The Balaban J connectivity index is 3.23. The van der Waals surface area contributed by atoms with Crippen LogP contribution in [0.25, 0.3) is 0 Å². The standard InChI is InChI=1S/C18H39NO4/c1-3-5-6-7-8-9-10-11-12-13-14-17-23-18(20)15-16-19(21,22)4-2/h18,20-21H,3-17H2,1-2H3. The molecule has 0 aromatic carbocycles. The Morgan fingerprint density at radius 2 is 1.35 bits per heavy atom. The van der Waals surface area contributed by atoms with Crippen LogP contribution in [0.2, 0.25) is 0 Å². The van der Waals surface area contributed by atoms with Gasteiger partial charge in [-0.3, -0.25) is 0 Å². The van der Waals surface area contributed by atoms with E-state index in [1.807, 2.05) is 0 Å². The summed E-state index contributed by atoms with van der Waals surface area (Å²) in [6, 6.07) is 0. The van der Waals surface area contributed by atoms with Gasteiger partial charge in [0.15, 0.2) is 6.29 Å². The number of hydrogen-bond acceptors (Lipinski definition) is 4. The molecule has 0 saturated carbocycles. The largest absolute Gasteiger partial charge is 0.598 e. The van der Waals surface area contributed by atoms with E-state index in [9.17, 15) is 15.5 Å². The Morgan fingerprint density at radius 3 is 1.83 bits per heavy atom. The van der Waals surface area contributed by atoms with E-state index in [2.05, 4.69) is 6.92 Å². The van der Waals surface area contributed by atoms with Crippen molar-refractivity contribution in [1.29, 1.82) is 0 Å². The third-order valence-electron chi connectivity index (χ3n) is 4.28. The van der Waals surface area contributed by atoms with E-state index in [4.69, 9.17) is 4.74 Å². The fraction of sp³-hybridized carbons (Fsp3) is 1.00. The minimum atomic E-state index is -1.31. The van der Waals surface area contributed by atoms with Crippen LogP contribution in [0.3, 0.4) is 0 Å². The molecule has 2 N–H and O–H groups in total. The van der Waals surface area contributed by atoms with E-state index >= 15 is 0 Å². The summed E-state index contributed by atoms with van der Waals surface area (Å²) in [6.07, 6.45) is 13.3. The molecule has 0 rings (SSSR count). The summed E-state index contributed by atoms with van der Waals surface area (Å²) in [7, 11) is 0. The molecule has 0 fully saturated rings. The number of aliphatic hydroxyl groups is 1. The average Bonchev–Trinajstić information content (AvgIpc) is 2.54. The van der Waals surface area contributed by atoms with Gasteiger partial charge >= 0.3 is 0 Å². The molecule has 5 heteroatoms. The van der Waals surface area contributed by atoms with Gasteiger partial charge in [0.25, 0.3) is 0 Å². The SMILES string of the molecule is CCCCCCCCCCCCCOC(O)CC[N+]([O-])(O)CC. The van der Waals surface area contributed by atoms with Gasteiger partial charge in [0.2, 0.25) is 0 Å². The zero-order valence-corrected chi connectivity index (χ0v) is 15.3. The summed E-state index contributed by atoms with van der Waals surface area (Å²) in [6.45, 7) is 4.44. The van der Waals surface area contributed by atoms with Crippen molar-refractivity contribution < 1.29 is 19.9 Å². The molecule has 0 spiro atoms. The van der Waals surface area contributed by atoms with Gasteiger partial charge in [0.1, 0.15) is 13.1 Å². The van der Waals surface area contributed by atoms with E-state index in [-0.39, 0.29) is 19.5 Å². The zero-order chi connectivity index (χ0) is 17.4. The van der Waals surface area contributed by atoms with Crippen molar-refractivity contribution in [1.82, 2.24) is 0 Å². The molecule has 0 saturated heterocycles. The Labute approximate surface area is 142 Å². The Hall–Kier alpha value is -0.200. The van der Waals surface area contributed by atoms with E-state index in [0.29, 0.717) is 6.61 Å². The quantitative estimate of drug-likeness (QED) is 0.174. The highest BCUT2D eigenvalue weighted by Gasteiger charge is 2.14. The molecule has 0 aliphatic heterocycles. The van der Waals surface area contributed by atoms with Crippen LogP contribution in [-0.4, -0.2) is 41.1 Å². The molecule has 0 aromatic rings. The monoisotopic (exact) mass is 333 g/mol. The molecular formula is C18H39NO4. The molecular weight excluding hydrogens is 294 g/mol. The van der Waals surface area contributed by atoms with Gasteiger partial charge in [-0.15, -0.1) is 0 Å². The Morgan fingerprint density at radius 1 is 0.870 bits per heavy atom. The Bertz CT molecular complexity index is 249. The van der Waals surface area contributed by atoms with Crippen molar-refractivity contribution >= 4 is 0 Å². The maximum Gasteiger partial charge on any atom is 0.160 e. The van der Waals surface area contributed by atoms with Crippen molar-refractivity contribution in [2.75, 3.05) is 19.7 Å². The van der Waals surface area contributed by atoms with Gasteiger partial charge in [-0.2, -0.15) is 0 Å². The molecule has 2 unspecified atom stereocenters. The number of ether oxygens (including phenoxy) is 1. The lowest BCUT2D eigenvalue weighted by atomic mass is 10.1. The average molecular weight is 334 g/mol. The second-order valence-corrected chi connectivity index (χ2v) is 6.54. The number of unbranched alkanes of at least 4 members (excludes halogenated alkanes) is 10. The zero-order valence-electron chi connectivity index (χ0n) is 15.3. The van der Waals surface area contributed by atoms with Gasteiger partial charge < -0.3 is 15.1 Å². The summed E-state index contributed by atoms with van der Waals surface area (Å²) in [5.41, 5.74) is 0. The van der Waals surface area contributed by atoms with E-state index in [0.717, 1.165) is 12.8 Å². The lowest BCUT2D eigenvalue weighted by Crippen LogP contribution is -2.40. The number of quaternary nitrogens is 1. The normalized spacial score (nSPS) is 15.5. The third kappa shape index (κ3) is 16.4. The molecule has 0 aliphatic rings. The molecule has 0 radical (unpaired) electrons. The first-order chi connectivity index (χ1) is 11.0. The summed E-state index contributed by atoms with van der Waals surface area (Å²) in [5.74, 6) is 0. The predicted octanol–water partition coefficient (Wildman–Crippen LogP) is 4.75. The summed E-state index contributed by atoms with van der Waals surface area (Å²) in [4.78, 5) is -1.31. The molecule has 0 heterocycles. The first-order valence-electron chi connectivity index (χ1n) is 9.62. The number of hydroxylamine groups is 4. The van der Waals surface area contributed by atoms with Crippen molar-refractivity contribution in [2.24, 2.45) is 0 Å². The Kier molecular flexibility index (Phi) is 15.2. The van der Waals surface area contributed by atoms with E-state index in [1.165, 1.54) is 57.8 Å². The topological polar surface area (TPSA) is 72.8 Å². The van der Waals surface area contributed by atoms with Crippen LogP contribution in [0.5, 0.6) is 0 Å². The van der Waals surface area contributed by atoms with Crippen LogP contribution in [0.1, 0.15) is 90.9 Å². The van der Waals surface area contributed by atoms with Crippen LogP contribution < -0.4 is 0 Å². The summed E-state index contributed by atoms with van der Waals surface area (Å²) in [5, 5.41) is 30.1. The van der Waals surface area contributed by atoms with Gasteiger partial charge in [-0.25, -0.2) is 10.0 Å². The third-order valence-corrected chi connectivity index (χ3v) is 4.28. The molecule has 0 bridgehead atoms. The highest BCUT2D eigenvalue weighted by Crippen LogP contribution is 2.11. The van der Waals surface area contributed by atoms with Gasteiger partial charge in [-0.1, -0.05) is 71.1 Å². The van der Waals surface area contributed by atoms with Crippen molar-refractivity contribution in [3.63, 3.8) is 0 Å². The van der Waals surface area contributed by atoms with E-state index < -0.39 is 11.1 Å². The van der Waals surface area contributed by atoms with Crippen LogP contribution in [0, 0.1) is 5.21 Å². The summed E-state index contributed by atoms with van der Waals surface area (Å²) < 4.78 is 5.26. The van der Waals surface area contributed by atoms with Crippen molar-refractivity contribution in [3.05, 3.63) is 5.21 Å². The smallest absolute Gasteiger partial charge is 0.160 e. The second-order valence-electron chi connectivity index (χ2n) is 6.54. The minimum Gasteiger partial charge on any atom is -0.598 e. The number of aliphatic hydroxyl groups excluding tert-OH is 1. The van der Waals surface area contributed by atoms with E-state index in [1.54, 1.807) is 6.92 Å². The number of rotatable bonds is 17. The molecule has 5 nitrogen and oxygen atoms in total. The molecule has 0 amide bonds. The lowest BCUT2D eigenvalue weighted by Gasteiger charge is -2.32. The maximum absolute atomic E-state index is 11.3. The first kappa shape index (κ1) is 22.8. The number of hydrogen-bond donors (Lipinski definition) is 2. The summed E-state index contributed by atoms with van der Waals surface area (Å²) >= 11 is 0. The molecule has 23 heavy (non-hydrogen) atoms. The van der Waals surface area contributed by atoms with Crippen LogP contribution in [0.4, 0.5) is 0 Å². The maximum atomic E-state index is 11.3. The van der Waals surface area contributed by atoms with Gasteiger partial charge in [-0.05, 0) is 13.3 Å². The van der Waals surface area contributed by atoms with Gasteiger partial charge in [0, 0.05) is 6.61 Å². The van der Waals surface area contributed by atoms with Gasteiger partial charge in [0.05, 0.1) is 6.42 Å². The fourth-order valence-electron chi connectivity index (χ4n) is 2.54. The molecule has 140 valence electrons. The van der Waals surface area contributed by atoms with Crippen molar-refractivity contribution in [3.8, 4) is 0 Å². The minimum absolute atomic E-state index is 0.0318. The van der Waals surface area contributed by atoms with Crippen LogP contribution >= 0.6 is 0 Å². The highest BCUT2D eigenvalue weighted by atomic mass is 16.8. The van der Waals surface area contributed by atoms with Crippen LogP contribution in [-0.2, 0) is 4.74 Å². The second kappa shape index (κ2) is 15.3.